The molecule has 1 aliphatic rings. The largest absolute Gasteiger partial charge is 0.508 e. The summed E-state index contributed by atoms with van der Waals surface area (Å²) in [6.45, 7) is 6.56. The summed E-state index contributed by atoms with van der Waals surface area (Å²) in [7, 11) is 0. The first kappa shape index (κ1) is 29.3. The number of nitrogens with zero attached hydrogens (tertiary/aromatic N) is 4. The second-order valence-electron chi connectivity index (χ2n) is 10.8. The molecule has 5 rings (SSSR count). The van der Waals surface area contributed by atoms with Gasteiger partial charge in [0.2, 0.25) is 17.7 Å². The van der Waals surface area contributed by atoms with Gasteiger partial charge in [-0.25, -0.2) is 4.98 Å². The summed E-state index contributed by atoms with van der Waals surface area (Å²) in [5.74, 6) is 1.34. The number of benzene rings is 3. The van der Waals surface area contributed by atoms with Crippen molar-refractivity contribution in [2.45, 2.75) is 39.3 Å². The lowest BCUT2D eigenvalue weighted by molar-refractivity contribution is 0.1000. The lowest BCUT2D eigenvalue weighted by atomic mass is 10.0. The molecule has 43 heavy (non-hydrogen) atoms. The van der Waals surface area contributed by atoms with Crippen molar-refractivity contribution in [1.29, 1.82) is 5.26 Å². The molecule has 0 bridgehead atoms. The Morgan fingerprint density at radius 3 is 2.42 bits per heavy atom. The fourth-order valence-electron chi connectivity index (χ4n) is 5.27. The number of carbonyl (C=O) groups is 1. The third-order valence-corrected chi connectivity index (χ3v) is 7.53. The molecule has 0 spiro atoms. The number of aromatic nitrogens is 2. The molecule has 0 unspecified atom stereocenters. The number of rotatable bonds is 9. The molecule has 1 fully saturated rings. The normalized spacial score (nSPS) is 14.0. The van der Waals surface area contributed by atoms with E-state index in [-0.39, 0.29) is 11.8 Å². The molecule has 9 nitrogen and oxygen atoms in total. The smallest absolute Gasteiger partial charge is 0.248 e. The number of likely N-dealkylation sites (tertiary alicyclic amines) is 1. The van der Waals surface area contributed by atoms with Gasteiger partial charge in [-0.15, -0.1) is 0 Å². The zero-order valence-electron chi connectivity index (χ0n) is 24.2. The van der Waals surface area contributed by atoms with E-state index in [0.717, 1.165) is 60.3 Å². The van der Waals surface area contributed by atoms with Crippen molar-refractivity contribution >= 4 is 17.9 Å². The number of hydrogen-bond acceptors (Lipinski definition) is 8. The maximum absolute atomic E-state index is 11.3. The Kier molecular flexibility index (Phi) is 8.99. The average molecular weight is 575 g/mol. The molecule has 0 aliphatic carbocycles. The fourth-order valence-corrected chi connectivity index (χ4v) is 5.27. The van der Waals surface area contributed by atoms with Crippen LogP contribution in [0.3, 0.4) is 0 Å². The van der Waals surface area contributed by atoms with E-state index >= 15 is 0 Å². The number of phenols is 1. The van der Waals surface area contributed by atoms with Gasteiger partial charge in [-0.3, -0.25) is 9.69 Å². The molecule has 1 saturated heterocycles. The van der Waals surface area contributed by atoms with Crippen LogP contribution in [-0.4, -0.2) is 45.0 Å². The SMILES string of the molecule is Cc1cc(/C=C/C#N)cc(C)c1Oc1nc(NC2CCN(Cc3ccc(C(N)=O)cc3)CC2)ncc1-c1ccc(O)cc1. The van der Waals surface area contributed by atoms with Crippen LogP contribution in [0.2, 0.25) is 0 Å². The molecule has 1 aromatic heterocycles. The summed E-state index contributed by atoms with van der Waals surface area (Å²) >= 11 is 0. The van der Waals surface area contributed by atoms with Crippen molar-refractivity contribution in [3.8, 4) is 34.6 Å². The molecular formula is C34H34N6O3. The predicted molar refractivity (Wildman–Crippen MR) is 167 cm³/mol. The van der Waals surface area contributed by atoms with Gasteiger partial charge in [0.05, 0.1) is 11.6 Å². The highest BCUT2D eigenvalue weighted by Crippen LogP contribution is 2.36. The number of allylic oxidation sites excluding steroid dienone is 1. The molecule has 0 atom stereocenters. The first-order chi connectivity index (χ1) is 20.8. The van der Waals surface area contributed by atoms with Gasteiger partial charge in [0, 0.05) is 43.5 Å². The number of hydrogen-bond donors (Lipinski definition) is 3. The average Bonchev–Trinajstić information content (AvgIpc) is 3.00. The first-order valence-corrected chi connectivity index (χ1v) is 14.2. The Balaban J connectivity index is 1.32. The van der Waals surface area contributed by atoms with E-state index in [0.29, 0.717) is 28.7 Å². The highest BCUT2D eigenvalue weighted by Gasteiger charge is 2.21. The van der Waals surface area contributed by atoms with Crippen molar-refractivity contribution in [2.75, 3.05) is 18.4 Å². The summed E-state index contributed by atoms with van der Waals surface area (Å²) in [5, 5.41) is 22.2. The van der Waals surface area contributed by atoms with Crippen LogP contribution in [0.4, 0.5) is 5.95 Å². The molecule has 9 heteroatoms. The van der Waals surface area contributed by atoms with Gasteiger partial charge in [-0.2, -0.15) is 10.2 Å². The monoisotopic (exact) mass is 574 g/mol. The molecule has 0 radical (unpaired) electrons. The lowest BCUT2D eigenvalue weighted by Crippen LogP contribution is -2.39. The summed E-state index contributed by atoms with van der Waals surface area (Å²) in [6.07, 6.45) is 6.82. The number of aryl methyl sites for hydroxylation is 2. The molecule has 4 aromatic rings. The minimum atomic E-state index is -0.419. The van der Waals surface area contributed by atoms with Crippen LogP contribution >= 0.6 is 0 Å². The molecule has 3 aromatic carbocycles. The maximum atomic E-state index is 11.3. The third-order valence-electron chi connectivity index (χ3n) is 7.53. The van der Waals surface area contributed by atoms with Crippen molar-refractivity contribution in [2.24, 2.45) is 5.73 Å². The number of nitrogens with one attached hydrogen (secondary N) is 1. The van der Waals surface area contributed by atoms with Gasteiger partial charge in [-0.05, 0) is 97.0 Å². The number of carbonyl (C=O) groups excluding carboxylic acids is 1. The van der Waals surface area contributed by atoms with Gasteiger partial charge in [0.25, 0.3) is 0 Å². The number of piperidine rings is 1. The summed E-state index contributed by atoms with van der Waals surface area (Å²) in [4.78, 5) is 23.2. The molecule has 1 aliphatic heterocycles. The van der Waals surface area contributed by atoms with Gasteiger partial charge in [0.1, 0.15) is 11.5 Å². The first-order valence-electron chi connectivity index (χ1n) is 14.2. The highest BCUT2D eigenvalue weighted by molar-refractivity contribution is 5.92. The van der Waals surface area contributed by atoms with Crippen molar-refractivity contribution in [1.82, 2.24) is 14.9 Å². The van der Waals surface area contributed by atoms with Crippen molar-refractivity contribution < 1.29 is 14.6 Å². The molecule has 2 heterocycles. The molecule has 4 N–H and O–H groups in total. The number of anilines is 1. The van der Waals surface area contributed by atoms with E-state index in [1.54, 1.807) is 48.7 Å². The van der Waals surface area contributed by atoms with E-state index in [9.17, 15) is 9.90 Å². The quantitative estimate of drug-likeness (QED) is 0.208. The van der Waals surface area contributed by atoms with Crippen LogP contribution in [0.1, 0.15) is 45.5 Å². The minimum absolute atomic E-state index is 0.173. The van der Waals surface area contributed by atoms with Crippen LogP contribution < -0.4 is 15.8 Å². The molecule has 0 saturated carbocycles. The molecule has 1 amide bonds. The summed E-state index contributed by atoms with van der Waals surface area (Å²) in [6, 6.07) is 20.5. The summed E-state index contributed by atoms with van der Waals surface area (Å²) in [5.41, 5.74) is 11.3. The third kappa shape index (κ3) is 7.36. The van der Waals surface area contributed by atoms with Crippen LogP contribution in [0.25, 0.3) is 17.2 Å². The number of ether oxygens (including phenoxy) is 1. The Morgan fingerprint density at radius 2 is 1.79 bits per heavy atom. The van der Waals surface area contributed by atoms with E-state index in [1.807, 2.05) is 44.2 Å². The van der Waals surface area contributed by atoms with Crippen LogP contribution in [-0.2, 0) is 6.54 Å². The molecular weight excluding hydrogens is 540 g/mol. The van der Waals surface area contributed by atoms with Crippen LogP contribution in [0, 0.1) is 25.2 Å². The minimum Gasteiger partial charge on any atom is -0.508 e. The zero-order chi connectivity index (χ0) is 30.3. The van der Waals surface area contributed by atoms with Gasteiger partial charge < -0.3 is 20.9 Å². The number of phenolic OH excluding ortho intramolecular Hbond substituents is 1. The highest BCUT2D eigenvalue weighted by atomic mass is 16.5. The number of primary amides is 1. The summed E-state index contributed by atoms with van der Waals surface area (Å²) < 4.78 is 6.47. The number of aromatic hydroxyl groups is 1. The lowest BCUT2D eigenvalue weighted by Gasteiger charge is -2.32. The van der Waals surface area contributed by atoms with E-state index < -0.39 is 5.91 Å². The predicted octanol–water partition coefficient (Wildman–Crippen LogP) is 5.97. The van der Waals surface area contributed by atoms with Gasteiger partial charge in [-0.1, -0.05) is 24.3 Å². The van der Waals surface area contributed by atoms with Crippen molar-refractivity contribution in [3.05, 3.63) is 101 Å². The Morgan fingerprint density at radius 1 is 1.12 bits per heavy atom. The Hall–Kier alpha value is -5.20. The second kappa shape index (κ2) is 13.2. The van der Waals surface area contributed by atoms with Crippen LogP contribution in [0.15, 0.2) is 72.9 Å². The molecule has 218 valence electrons. The zero-order valence-corrected chi connectivity index (χ0v) is 24.2. The standard InChI is InChI=1S/C34H34N6O3/c1-22-18-25(4-3-15-35)19-23(2)31(22)43-33-30(26-9-11-29(41)12-10-26)20-37-34(39-33)38-28-13-16-40(17-14-28)21-24-5-7-27(8-6-24)32(36)42/h3-12,18-20,28,41H,13-14,16-17,21H2,1-2H3,(H2,36,42)(H,37,38,39)/b4-3+. The van der Waals surface area contributed by atoms with Crippen LogP contribution in [0.5, 0.6) is 17.4 Å². The van der Waals surface area contributed by atoms with Gasteiger partial charge in [0.15, 0.2) is 0 Å². The second-order valence-corrected chi connectivity index (χ2v) is 10.8. The van der Waals surface area contributed by atoms with Gasteiger partial charge >= 0.3 is 0 Å². The Bertz CT molecular complexity index is 1650. The van der Waals surface area contributed by atoms with E-state index in [4.69, 9.17) is 20.7 Å². The topological polar surface area (TPSA) is 137 Å². The van der Waals surface area contributed by atoms with E-state index in [1.165, 1.54) is 6.08 Å². The number of nitrogens with two attached hydrogens (primary N) is 1. The fraction of sp³-hybridized carbons (Fsp3) is 0.235. The number of amides is 1. The van der Waals surface area contributed by atoms with E-state index in [2.05, 4.69) is 15.2 Å². The maximum Gasteiger partial charge on any atom is 0.248 e. The Labute approximate surface area is 251 Å². The number of nitriles is 1. The van der Waals surface area contributed by atoms with Crippen molar-refractivity contribution in [3.63, 3.8) is 0 Å².